The minimum atomic E-state index is -5.07. The number of fused-ring (bicyclic) bond motifs is 2. The van der Waals surface area contributed by atoms with E-state index in [9.17, 15) is 0 Å². The van der Waals surface area contributed by atoms with Gasteiger partial charge in [0.25, 0.3) is 0 Å². The minimum absolute atomic E-state index is 0.0736. The second-order valence-corrected chi connectivity index (χ2v) is 69.8. The molecule has 0 saturated heterocycles. The van der Waals surface area contributed by atoms with E-state index in [1.165, 1.54) is 133 Å². The van der Waals surface area contributed by atoms with Crippen LogP contribution in [0, 0.1) is 46.3 Å². The van der Waals surface area contributed by atoms with Crippen LogP contribution in [0.25, 0.3) is 34.4 Å². The van der Waals surface area contributed by atoms with E-state index < -0.39 is 21.5 Å². The zero-order valence-corrected chi connectivity index (χ0v) is 46.7. The van der Waals surface area contributed by atoms with Crippen molar-refractivity contribution in [1.29, 1.82) is 0 Å². The zero-order valence-electron chi connectivity index (χ0n) is 41.6. The summed E-state index contributed by atoms with van der Waals surface area (Å²) < 4.78 is 0.147. The molecule has 0 heterocycles. The molecular formula is C62H77Cl2SiZr. The van der Waals surface area contributed by atoms with Crippen LogP contribution >= 0.6 is 17.0 Å². The number of hydrogen-bond acceptors (Lipinski definition) is 0. The van der Waals surface area contributed by atoms with Gasteiger partial charge in [0.2, 0.25) is 0 Å². The molecule has 14 rings (SSSR count). The summed E-state index contributed by atoms with van der Waals surface area (Å²) >= 11 is -5.07. The zero-order chi connectivity index (χ0) is 45.8. The molecule has 0 N–H and O–H groups in total. The summed E-state index contributed by atoms with van der Waals surface area (Å²) in [4.78, 5) is 0. The van der Waals surface area contributed by atoms with Gasteiger partial charge in [-0.05, 0) is 0 Å². The van der Waals surface area contributed by atoms with Gasteiger partial charge < -0.3 is 0 Å². The Kier molecular flexibility index (Phi) is 10.6. The van der Waals surface area contributed by atoms with Gasteiger partial charge in [-0.25, -0.2) is 0 Å². The summed E-state index contributed by atoms with van der Waals surface area (Å²) in [6.07, 6.45) is 24.6. The molecule has 4 aromatic carbocycles. The molecule has 2 atom stereocenters. The monoisotopic (exact) mass is 1010 g/mol. The molecule has 8 saturated carbocycles. The summed E-state index contributed by atoms with van der Waals surface area (Å²) in [5.41, 5.74) is 18.2. The third kappa shape index (κ3) is 7.29. The summed E-state index contributed by atoms with van der Waals surface area (Å²) in [5.74, 6) is 3.95. The van der Waals surface area contributed by atoms with Crippen LogP contribution < -0.4 is 0 Å². The first-order chi connectivity index (χ1) is 31.3. The third-order valence-electron chi connectivity index (χ3n) is 19.7. The number of rotatable bonds is 9. The normalized spacial score (nSPS) is 33.5. The molecule has 0 radical (unpaired) electrons. The molecule has 0 nitrogen and oxygen atoms in total. The van der Waals surface area contributed by atoms with Crippen molar-refractivity contribution in [3.8, 4) is 22.3 Å². The Morgan fingerprint density at radius 1 is 0.485 bits per heavy atom. The van der Waals surface area contributed by atoms with Gasteiger partial charge in [-0.2, -0.15) is 0 Å². The molecular weight excluding hydrogens is 935 g/mol. The first-order valence-corrected chi connectivity index (χ1v) is 43.0. The van der Waals surface area contributed by atoms with E-state index in [0.717, 1.165) is 48.3 Å². The molecule has 10 aliphatic rings. The van der Waals surface area contributed by atoms with Crippen molar-refractivity contribution < 1.29 is 15.6 Å². The van der Waals surface area contributed by atoms with Crippen LogP contribution in [0.5, 0.6) is 0 Å². The van der Waals surface area contributed by atoms with E-state index in [0.29, 0.717) is 10.8 Å². The van der Waals surface area contributed by atoms with Crippen LogP contribution in [0.15, 0.2) is 96.1 Å². The molecule has 2 unspecified atom stereocenters. The fraction of sp³-hybridized carbons (Fsp3) is 0.548. The maximum atomic E-state index is 9.14. The summed E-state index contributed by atoms with van der Waals surface area (Å²) in [5, 5.41) is 0. The van der Waals surface area contributed by atoms with E-state index in [4.69, 9.17) is 17.0 Å². The van der Waals surface area contributed by atoms with Gasteiger partial charge in [-0.3, -0.25) is 0 Å². The van der Waals surface area contributed by atoms with E-state index in [1.54, 1.807) is 11.1 Å². The Bertz CT molecular complexity index is 2400. The SMILES string of the molecule is C[SiH](C)[Zr]([Cl])([Cl])([CH]1C(CC(C)(C)C)=Cc2c(-c3ccc(C45CC6CC(CC(C6)C4)C5)cc3)cccc21)[CH]1C(CC(C)(C)C)=Cc2c(-c3ccc(C45CC6CC(CC(C6)C4)C5)cc3)cccc21. The van der Waals surface area contributed by atoms with Crippen molar-refractivity contribution in [2.75, 3.05) is 0 Å². The topological polar surface area (TPSA) is 0 Å². The number of allylic oxidation sites excluding steroid dienone is 2. The maximum absolute atomic E-state index is 9.14. The first-order valence-electron chi connectivity index (χ1n) is 26.7. The van der Waals surface area contributed by atoms with Crippen LogP contribution in [-0.4, -0.2) is 5.92 Å². The summed E-state index contributed by atoms with van der Waals surface area (Å²) in [6, 6.07) is 34.4. The van der Waals surface area contributed by atoms with Crippen molar-refractivity contribution in [1.82, 2.24) is 0 Å². The van der Waals surface area contributed by atoms with Crippen molar-refractivity contribution in [3.05, 3.63) is 129 Å². The molecule has 8 bridgehead atoms. The van der Waals surface area contributed by atoms with E-state index in [-0.39, 0.29) is 18.1 Å². The average Bonchev–Trinajstić information content (AvgIpc) is 3.80. The third-order valence-corrected chi connectivity index (χ3v) is 71.5. The van der Waals surface area contributed by atoms with Gasteiger partial charge >= 0.3 is 411 Å². The molecule has 4 heteroatoms. The van der Waals surface area contributed by atoms with E-state index in [1.807, 2.05) is 0 Å². The van der Waals surface area contributed by atoms with Crippen LogP contribution in [-0.2, 0) is 26.4 Å². The number of halogens is 2. The molecule has 347 valence electrons. The van der Waals surface area contributed by atoms with Crippen molar-refractivity contribution in [3.63, 3.8) is 0 Å². The van der Waals surface area contributed by atoms with Gasteiger partial charge in [0.15, 0.2) is 0 Å². The molecule has 0 aromatic heterocycles. The predicted molar refractivity (Wildman–Crippen MR) is 284 cm³/mol. The Hall–Kier alpha value is -1.96. The standard InChI is InChI=1S/2C30H35.C2H7Si.2ClH.Zr/c2*1-29(2,3)16-23-14-25-5-4-6-27(28(25)15-23)24-7-9-26(10-8-24)30-17-20-11-21(18-30)13-22(12-20)19-30;1-3-2;;;/h2*4-10,14-15,20-22H,11-13,16-19H2,1-3H3;3H,1-2H3;2*1H;/q;;;;;+2/p-2. The molecule has 0 spiro atoms. The van der Waals surface area contributed by atoms with Crippen LogP contribution in [0.1, 0.15) is 172 Å². The van der Waals surface area contributed by atoms with Gasteiger partial charge in [0.1, 0.15) is 0 Å². The number of hydrogen-bond donors (Lipinski definition) is 0. The Labute approximate surface area is 408 Å². The Balaban J connectivity index is 0.950. The second-order valence-electron chi connectivity index (χ2n) is 27.3. The number of benzene rings is 4. The van der Waals surface area contributed by atoms with E-state index in [2.05, 4.69) is 152 Å². The van der Waals surface area contributed by atoms with Crippen molar-refractivity contribution in [2.45, 2.75) is 163 Å². The van der Waals surface area contributed by atoms with Crippen LogP contribution in [0.2, 0.25) is 13.1 Å². The van der Waals surface area contributed by atoms with Crippen LogP contribution in [0.4, 0.5) is 0 Å². The second kappa shape index (κ2) is 15.5. The summed E-state index contributed by atoms with van der Waals surface area (Å²) in [6.45, 7) is 19.5. The molecule has 66 heavy (non-hydrogen) atoms. The average molecular weight is 1010 g/mol. The Morgan fingerprint density at radius 3 is 1.09 bits per heavy atom. The van der Waals surface area contributed by atoms with E-state index >= 15 is 0 Å². The Morgan fingerprint density at radius 2 is 0.803 bits per heavy atom. The van der Waals surface area contributed by atoms with Crippen LogP contribution in [0.3, 0.4) is 0 Å². The molecule has 0 amide bonds. The fourth-order valence-corrected chi connectivity index (χ4v) is 49.3. The van der Waals surface area contributed by atoms with Gasteiger partial charge in [0, 0.05) is 0 Å². The molecule has 0 aliphatic heterocycles. The van der Waals surface area contributed by atoms with Gasteiger partial charge in [0.05, 0.1) is 0 Å². The fourth-order valence-electron chi connectivity index (χ4n) is 18.0. The molecule has 10 aliphatic carbocycles. The predicted octanol–water partition coefficient (Wildman–Crippen LogP) is 18.4. The van der Waals surface area contributed by atoms with Gasteiger partial charge in [-0.15, -0.1) is 0 Å². The van der Waals surface area contributed by atoms with Crippen molar-refractivity contribution >= 4 is 35.1 Å². The van der Waals surface area contributed by atoms with Gasteiger partial charge in [-0.1, -0.05) is 0 Å². The first kappa shape index (κ1) is 45.2. The molecule has 8 fully saturated rings. The summed E-state index contributed by atoms with van der Waals surface area (Å²) in [7, 11) is 18.3. The molecule has 4 aromatic rings. The van der Waals surface area contributed by atoms with Crippen molar-refractivity contribution in [2.24, 2.45) is 46.3 Å². The quantitative estimate of drug-likeness (QED) is 0.147.